The van der Waals surface area contributed by atoms with E-state index in [9.17, 15) is 9.59 Å². The Morgan fingerprint density at radius 3 is 2.48 bits per heavy atom. The third-order valence-electron chi connectivity index (χ3n) is 3.81. The highest BCUT2D eigenvalue weighted by Crippen LogP contribution is 2.19. The molecule has 0 radical (unpaired) electrons. The van der Waals surface area contributed by atoms with E-state index >= 15 is 0 Å². The fourth-order valence-electron chi connectivity index (χ4n) is 2.49. The lowest BCUT2D eigenvalue weighted by Gasteiger charge is -2.30. The van der Waals surface area contributed by atoms with Crippen LogP contribution in [0.4, 0.5) is 0 Å². The number of carbonyl (C=O) groups is 2. The first-order chi connectivity index (χ1) is 11.1. The van der Waals surface area contributed by atoms with Gasteiger partial charge < -0.3 is 14.4 Å². The van der Waals surface area contributed by atoms with Crippen LogP contribution >= 0.6 is 0 Å². The minimum absolute atomic E-state index is 0.0457. The van der Waals surface area contributed by atoms with Crippen molar-refractivity contribution >= 4 is 11.9 Å². The molecule has 1 aliphatic heterocycles. The smallest absolute Gasteiger partial charge is 0.309 e. The van der Waals surface area contributed by atoms with Gasteiger partial charge in [0.2, 0.25) is 0 Å². The molecule has 122 valence electrons. The predicted molar refractivity (Wildman–Crippen MR) is 82.6 cm³/mol. The standard InChI is InChI=1S/C17H20N2O4/c1-2-22-17(21)14-7-9-19(10-8-14)16(20)12-23-15-5-3-13(11-18)4-6-15/h3-6,14H,2,7-10,12H2,1H3. The molecule has 1 aliphatic rings. The van der Waals surface area contributed by atoms with Crippen LogP contribution in [0.1, 0.15) is 25.3 Å². The Morgan fingerprint density at radius 1 is 1.26 bits per heavy atom. The Hall–Kier alpha value is -2.55. The van der Waals surface area contributed by atoms with Gasteiger partial charge in [-0.1, -0.05) is 0 Å². The summed E-state index contributed by atoms with van der Waals surface area (Å²) < 4.78 is 10.5. The summed E-state index contributed by atoms with van der Waals surface area (Å²) in [6, 6.07) is 8.64. The molecule has 6 nitrogen and oxygen atoms in total. The molecule has 0 saturated carbocycles. The zero-order valence-electron chi connectivity index (χ0n) is 13.2. The third-order valence-corrected chi connectivity index (χ3v) is 3.81. The Morgan fingerprint density at radius 2 is 1.91 bits per heavy atom. The van der Waals surface area contributed by atoms with Crippen molar-refractivity contribution in [2.45, 2.75) is 19.8 Å². The van der Waals surface area contributed by atoms with Crippen LogP contribution < -0.4 is 4.74 Å². The lowest BCUT2D eigenvalue weighted by atomic mass is 9.97. The van der Waals surface area contributed by atoms with Crippen LogP contribution in [0.3, 0.4) is 0 Å². The summed E-state index contributed by atoms with van der Waals surface area (Å²) in [6.07, 6.45) is 1.25. The number of hydrogen-bond acceptors (Lipinski definition) is 5. The van der Waals surface area contributed by atoms with E-state index in [2.05, 4.69) is 0 Å². The van der Waals surface area contributed by atoms with Crippen LogP contribution in [0.5, 0.6) is 5.75 Å². The van der Waals surface area contributed by atoms with Crippen molar-refractivity contribution in [3.05, 3.63) is 29.8 Å². The molecular formula is C17H20N2O4. The van der Waals surface area contributed by atoms with Gasteiger partial charge in [-0.2, -0.15) is 5.26 Å². The van der Waals surface area contributed by atoms with Gasteiger partial charge in [-0.15, -0.1) is 0 Å². The Kier molecular flexibility index (Phi) is 5.98. The summed E-state index contributed by atoms with van der Waals surface area (Å²) in [5.41, 5.74) is 0.546. The number of esters is 1. The molecule has 1 aromatic carbocycles. The molecule has 23 heavy (non-hydrogen) atoms. The topological polar surface area (TPSA) is 79.6 Å². The third kappa shape index (κ3) is 4.71. The zero-order chi connectivity index (χ0) is 16.7. The van der Waals surface area contributed by atoms with Gasteiger partial charge >= 0.3 is 5.97 Å². The van der Waals surface area contributed by atoms with Crippen molar-refractivity contribution in [1.82, 2.24) is 4.90 Å². The second kappa shape index (κ2) is 8.18. The van der Waals surface area contributed by atoms with E-state index in [0.717, 1.165) is 0 Å². The highest BCUT2D eigenvalue weighted by Gasteiger charge is 2.28. The molecule has 0 N–H and O–H groups in total. The van der Waals surface area contributed by atoms with Crippen LogP contribution in [-0.2, 0) is 14.3 Å². The zero-order valence-corrected chi connectivity index (χ0v) is 13.2. The van der Waals surface area contributed by atoms with Crippen LogP contribution in [-0.4, -0.2) is 43.1 Å². The summed E-state index contributed by atoms with van der Waals surface area (Å²) in [7, 11) is 0. The van der Waals surface area contributed by atoms with Gasteiger partial charge in [0.25, 0.3) is 5.91 Å². The maximum atomic E-state index is 12.1. The van der Waals surface area contributed by atoms with Gasteiger partial charge in [-0.25, -0.2) is 0 Å². The number of likely N-dealkylation sites (tertiary alicyclic amines) is 1. The van der Waals surface area contributed by atoms with E-state index in [1.807, 2.05) is 6.07 Å². The number of piperidine rings is 1. The van der Waals surface area contributed by atoms with Crippen molar-refractivity contribution in [3.8, 4) is 11.8 Å². The Labute approximate surface area is 135 Å². The average Bonchev–Trinajstić information content (AvgIpc) is 2.60. The first-order valence-electron chi connectivity index (χ1n) is 7.71. The number of amides is 1. The summed E-state index contributed by atoms with van der Waals surface area (Å²) in [4.78, 5) is 25.5. The van der Waals surface area contributed by atoms with Crippen LogP contribution in [0.25, 0.3) is 0 Å². The molecule has 1 fully saturated rings. The highest BCUT2D eigenvalue weighted by molar-refractivity contribution is 5.78. The van der Waals surface area contributed by atoms with Crippen LogP contribution in [0, 0.1) is 17.2 Å². The normalized spacial score (nSPS) is 14.9. The van der Waals surface area contributed by atoms with E-state index in [-0.39, 0.29) is 24.4 Å². The molecule has 0 spiro atoms. The van der Waals surface area contributed by atoms with E-state index in [0.29, 0.717) is 43.9 Å². The van der Waals surface area contributed by atoms with E-state index in [1.165, 1.54) is 0 Å². The summed E-state index contributed by atoms with van der Waals surface area (Å²) >= 11 is 0. The first-order valence-corrected chi connectivity index (χ1v) is 7.71. The average molecular weight is 316 g/mol. The molecular weight excluding hydrogens is 296 g/mol. The van der Waals surface area contributed by atoms with Crippen molar-refractivity contribution in [2.75, 3.05) is 26.3 Å². The number of ether oxygens (including phenoxy) is 2. The minimum Gasteiger partial charge on any atom is -0.484 e. The first kappa shape index (κ1) is 16.8. The maximum Gasteiger partial charge on any atom is 0.309 e. The number of carbonyl (C=O) groups excluding carboxylic acids is 2. The fraction of sp³-hybridized carbons (Fsp3) is 0.471. The second-order valence-electron chi connectivity index (χ2n) is 5.33. The van der Waals surface area contributed by atoms with E-state index in [1.54, 1.807) is 36.1 Å². The lowest BCUT2D eigenvalue weighted by molar-refractivity contribution is -0.151. The largest absolute Gasteiger partial charge is 0.484 e. The van der Waals surface area contributed by atoms with Crippen molar-refractivity contribution in [3.63, 3.8) is 0 Å². The summed E-state index contributed by atoms with van der Waals surface area (Å²) in [6.45, 7) is 3.21. The second-order valence-corrected chi connectivity index (χ2v) is 5.33. The van der Waals surface area contributed by atoms with Crippen molar-refractivity contribution < 1.29 is 19.1 Å². The van der Waals surface area contributed by atoms with Crippen LogP contribution in [0.15, 0.2) is 24.3 Å². The van der Waals surface area contributed by atoms with Gasteiger partial charge in [-0.05, 0) is 44.0 Å². The van der Waals surface area contributed by atoms with Crippen molar-refractivity contribution in [2.24, 2.45) is 5.92 Å². The molecule has 0 bridgehead atoms. The maximum absolute atomic E-state index is 12.1. The van der Waals surface area contributed by atoms with Crippen molar-refractivity contribution in [1.29, 1.82) is 5.26 Å². The molecule has 1 heterocycles. The Bertz CT molecular complexity index is 584. The molecule has 1 aromatic rings. The van der Waals surface area contributed by atoms with Gasteiger partial charge in [0, 0.05) is 13.1 Å². The molecule has 6 heteroatoms. The fourth-order valence-corrected chi connectivity index (χ4v) is 2.49. The molecule has 1 amide bonds. The quantitative estimate of drug-likeness (QED) is 0.773. The van der Waals surface area contributed by atoms with E-state index < -0.39 is 0 Å². The summed E-state index contributed by atoms with van der Waals surface area (Å²) in [5, 5.41) is 8.73. The molecule has 2 rings (SSSR count). The number of rotatable bonds is 5. The van der Waals surface area contributed by atoms with E-state index in [4.69, 9.17) is 14.7 Å². The lowest BCUT2D eigenvalue weighted by Crippen LogP contribution is -2.42. The predicted octanol–water partition coefficient (Wildman–Crippen LogP) is 1.74. The SMILES string of the molecule is CCOC(=O)C1CCN(C(=O)COc2ccc(C#N)cc2)CC1. The van der Waals surface area contributed by atoms with Gasteiger partial charge in [0.05, 0.1) is 24.2 Å². The van der Waals surface area contributed by atoms with Crippen LogP contribution in [0.2, 0.25) is 0 Å². The number of benzene rings is 1. The number of hydrogen-bond donors (Lipinski definition) is 0. The number of nitriles is 1. The number of nitrogens with zero attached hydrogens (tertiary/aromatic N) is 2. The highest BCUT2D eigenvalue weighted by atomic mass is 16.5. The van der Waals surface area contributed by atoms with Gasteiger partial charge in [0.15, 0.2) is 6.61 Å². The minimum atomic E-state index is -0.173. The monoisotopic (exact) mass is 316 g/mol. The molecule has 1 saturated heterocycles. The summed E-state index contributed by atoms with van der Waals surface area (Å²) in [5.74, 6) is 0.169. The molecule has 0 aromatic heterocycles. The molecule has 0 unspecified atom stereocenters. The molecule has 0 aliphatic carbocycles. The molecule has 0 atom stereocenters. The van der Waals surface area contributed by atoms with Gasteiger partial charge in [-0.3, -0.25) is 9.59 Å². The Balaban J connectivity index is 1.76. The van der Waals surface area contributed by atoms with Gasteiger partial charge in [0.1, 0.15) is 5.75 Å².